The van der Waals surface area contributed by atoms with Crippen molar-refractivity contribution >= 4 is 0 Å². The maximum atomic E-state index is 9.02. The van der Waals surface area contributed by atoms with Gasteiger partial charge in [-0.2, -0.15) is 5.26 Å². The quantitative estimate of drug-likeness (QED) is 0.679. The number of rotatable bonds is 9. The standard InChI is InChI=1S/C18H31N3/c1-6-20-17(15(2)3)16-9-12-21(13-16)11-8-7-10-18(4,5)14-19/h9,12-13,15,17,20H,6-8,10-11H2,1-5H3. The molecule has 118 valence electrons. The maximum absolute atomic E-state index is 9.02. The minimum atomic E-state index is -0.185. The van der Waals surface area contributed by atoms with E-state index in [1.165, 1.54) is 5.56 Å². The normalized spacial score (nSPS) is 13.4. The van der Waals surface area contributed by atoms with Crippen molar-refractivity contribution < 1.29 is 0 Å². The molecule has 0 bridgehead atoms. The predicted octanol–water partition coefficient (Wildman–Crippen LogP) is 4.51. The van der Waals surface area contributed by atoms with Crippen LogP contribution in [0, 0.1) is 22.7 Å². The molecular weight excluding hydrogens is 258 g/mol. The van der Waals surface area contributed by atoms with E-state index in [4.69, 9.17) is 5.26 Å². The van der Waals surface area contributed by atoms with Crippen LogP contribution in [-0.4, -0.2) is 11.1 Å². The summed E-state index contributed by atoms with van der Waals surface area (Å²) in [7, 11) is 0. The average Bonchev–Trinajstić information content (AvgIpc) is 2.89. The molecule has 3 nitrogen and oxygen atoms in total. The van der Waals surface area contributed by atoms with Gasteiger partial charge in [0.15, 0.2) is 0 Å². The molecule has 0 aromatic carbocycles. The molecule has 0 aliphatic carbocycles. The summed E-state index contributed by atoms with van der Waals surface area (Å²) in [5.41, 5.74) is 1.19. The first-order chi connectivity index (χ1) is 9.89. The Bertz CT molecular complexity index is 451. The highest BCUT2D eigenvalue weighted by atomic mass is 15.0. The molecule has 0 radical (unpaired) electrons. The van der Waals surface area contributed by atoms with Gasteiger partial charge in [-0.15, -0.1) is 0 Å². The van der Waals surface area contributed by atoms with Gasteiger partial charge in [0.1, 0.15) is 0 Å². The highest BCUT2D eigenvalue weighted by Gasteiger charge is 2.16. The van der Waals surface area contributed by atoms with Gasteiger partial charge >= 0.3 is 0 Å². The molecule has 1 N–H and O–H groups in total. The van der Waals surface area contributed by atoms with Gasteiger partial charge in [-0.1, -0.05) is 27.2 Å². The van der Waals surface area contributed by atoms with Crippen molar-refractivity contribution in [2.24, 2.45) is 11.3 Å². The Morgan fingerprint density at radius 1 is 1.33 bits per heavy atom. The minimum absolute atomic E-state index is 0.185. The molecule has 1 unspecified atom stereocenters. The van der Waals surface area contributed by atoms with Crippen LogP contribution in [0.15, 0.2) is 18.5 Å². The molecule has 21 heavy (non-hydrogen) atoms. The van der Waals surface area contributed by atoms with Crippen molar-refractivity contribution in [1.82, 2.24) is 9.88 Å². The zero-order valence-electron chi connectivity index (χ0n) is 14.3. The lowest BCUT2D eigenvalue weighted by Gasteiger charge is -2.20. The third-order valence-electron chi connectivity index (χ3n) is 3.99. The van der Waals surface area contributed by atoms with Crippen LogP contribution in [0.3, 0.4) is 0 Å². The van der Waals surface area contributed by atoms with Gasteiger partial charge in [0, 0.05) is 25.0 Å². The summed E-state index contributed by atoms with van der Waals surface area (Å²) < 4.78 is 2.28. The summed E-state index contributed by atoms with van der Waals surface area (Å²) in [6, 6.07) is 5.04. The monoisotopic (exact) mass is 289 g/mol. The molecule has 1 atom stereocenters. The highest BCUT2D eigenvalue weighted by molar-refractivity contribution is 5.16. The summed E-state index contributed by atoms with van der Waals surface area (Å²) >= 11 is 0. The van der Waals surface area contributed by atoms with Crippen molar-refractivity contribution in [3.63, 3.8) is 0 Å². The summed E-state index contributed by atoms with van der Waals surface area (Å²) in [4.78, 5) is 0. The molecule has 1 rings (SSSR count). The Balaban J connectivity index is 2.47. The summed E-state index contributed by atoms with van der Waals surface area (Å²) in [5, 5.41) is 12.6. The smallest absolute Gasteiger partial charge is 0.0683 e. The molecule has 0 spiro atoms. The van der Waals surface area contributed by atoms with Gasteiger partial charge in [0.05, 0.1) is 11.5 Å². The third kappa shape index (κ3) is 5.93. The first kappa shape index (κ1) is 17.8. The second-order valence-corrected chi connectivity index (χ2v) is 6.91. The van der Waals surface area contributed by atoms with Crippen LogP contribution < -0.4 is 5.32 Å². The van der Waals surface area contributed by atoms with Crippen LogP contribution in [0.25, 0.3) is 0 Å². The van der Waals surface area contributed by atoms with E-state index in [9.17, 15) is 0 Å². The highest BCUT2D eigenvalue weighted by Crippen LogP contribution is 2.23. The van der Waals surface area contributed by atoms with Gasteiger partial charge in [0.25, 0.3) is 0 Å². The number of unbranched alkanes of at least 4 members (excludes halogenated alkanes) is 1. The lowest BCUT2D eigenvalue weighted by molar-refractivity contribution is 0.414. The number of aromatic nitrogens is 1. The Kier molecular flexibility index (Phi) is 6.98. The first-order valence-electron chi connectivity index (χ1n) is 8.20. The van der Waals surface area contributed by atoms with E-state index in [2.05, 4.69) is 55.2 Å². The van der Waals surface area contributed by atoms with Crippen molar-refractivity contribution in [2.45, 2.75) is 66.5 Å². The fourth-order valence-corrected chi connectivity index (χ4v) is 2.66. The number of nitriles is 1. The van der Waals surface area contributed by atoms with Gasteiger partial charge in [-0.25, -0.2) is 0 Å². The third-order valence-corrected chi connectivity index (χ3v) is 3.99. The lowest BCUT2D eigenvalue weighted by Crippen LogP contribution is -2.25. The van der Waals surface area contributed by atoms with Crippen LogP contribution in [-0.2, 0) is 6.54 Å². The second-order valence-electron chi connectivity index (χ2n) is 6.91. The Morgan fingerprint density at radius 2 is 2.05 bits per heavy atom. The van der Waals surface area contributed by atoms with Gasteiger partial charge in [-0.05, 0) is 50.8 Å². The fourth-order valence-electron chi connectivity index (χ4n) is 2.66. The van der Waals surface area contributed by atoms with Crippen LogP contribution in [0.4, 0.5) is 0 Å². The van der Waals surface area contributed by atoms with E-state index < -0.39 is 0 Å². The minimum Gasteiger partial charge on any atom is -0.354 e. The average molecular weight is 289 g/mol. The van der Waals surface area contributed by atoms with Crippen molar-refractivity contribution in [1.29, 1.82) is 5.26 Å². The van der Waals surface area contributed by atoms with Crippen molar-refractivity contribution in [3.8, 4) is 6.07 Å². The molecule has 0 amide bonds. The molecule has 1 aromatic rings. The molecule has 1 heterocycles. The number of hydrogen-bond donors (Lipinski definition) is 1. The Morgan fingerprint density at radius 3 is 2.62 bits per heavy atom. The predicted molar refractivity (Wildman–Crippen MR) is 88.9 cm³/mol. The number of aryl methyl sites for hydroxylation is 1. The van der Waals surface area contributed by atoms with Crippen LogP contribution in [0.5, 0.6) is 0 Å². The maximum Gasteiger partial charge on any atom is 0.0683 e. The number of hydrogen-bond acceptors (Lipinski definition) is 2. The molecule has 0 saturated carbocycles. The van der Waals surface area contributed by atoms with Gasteiger partial charge in [0.2, 0.25) is 0 Å². The zero-order valence-corrected chi connectivity index (χ0v) is 14.3. The molecule has 0 aliphatic rings. The van der Waals surface area contributed by atoms with E-state index in [-0.39, 0.29) is 5.41 Å². The van der Waals surface area contributed by atoms with E-state index in [0.29, 0.717) is 12.0 Å². The van der Waals surface area contributed by atoms with E-state index >= 15 is 0 Å². The van der Waals surface area contributed by atoms with E-state index in [1.54, 1.807) is 0 Å². The number of nitrogens with one attached hydrogen (secondary N) is 1. The molecule has 0 saturated heterocycles. The zero-order chi connectivity index (χ0) is 15.9. The van der Waals surface area contributed by atoms with Crippen LogP contribution >= 0.6 is 0 Å². The molecule has 0 fully saturated rings. The van der Waals surface area contributed by atoms with E-state index in [0.717, 1.165) is 32.4 Å². The summed E-state index contributed by atoms with van der Waals surface area (Å²) in [6.45, 7) is 12.7. The first-order valence-corrected chi connectivity index (χ1v) is 8.20. The molecule has 1 aromatic heterocycles. The summed E-state index contributed by atoms with van der Waals surface area (Å²) in [6.07, 6.45) is 7.66. The molecule has 0 aliphatic heterocycles. The molecule has 3 heteroatoms. The van der Waals surface area contributed by atoms with Gasteiger partial charge in [-0.3, -0.25) is 0 Å². The van der Waals surface area contributed by atoms with Crippen molar-refractivity contribution in [2.75, 3.05) is 6.54 Å². The topological polar surface area (TPSA) is 40.8 Å². The SMILES string of the molecule is CCNC(c1ccn(CCCCC(C)(C)C#N)c1)C(C)C. The second kappa shape index (κ2) is 8.24. The Labute approximate surface area is 130 Å². The largest absolute Gasteiger partial charge is 0.354 e. The fraction of sp³-hybridized carbons (Fsp3) is 0.722. The van der Waals surface area contributed by atoms with E-state index in [1.807, 2.05) is 13.8 Å². The number of nitrogens with zero attached hydrogens (tertiary/aromatic N) is 2. The lowest BCUT2D eigenvalue weighted by atomic mass is 9.89. The van der Waals surface area contributed by atoms with Gasteiger partial charge < -0.3 is 9.88 Å². The van der Waals surface area contributed by atoms with Crippen molar-refractivity contribution in [3.05, 3.63) is 24.0 Å². The summed E-state index contributed by atoms with van der Waals surface area (Å²) in [5.74, 6) is 0.595. The van der Waals surface area contributed by atoms with Crippen LogP contribution in [0.1, 0.15) is 65.5 Å². The van der Waals surface area contributed by atoms with Crippen LogP contribution in [0.2, 0.25) is 0 Å². The Hall–Kier alpha value is -1.27. The molecular formula is C18H31N3.